The van der Waals surface area contributed by atoms with Gasteiger partial charge in [0.1, 0.15) is 0 Å². The minimum absolute atomic E-state index is 0.0260. The molecule has 5 heteroatoms. The zero-order chi connectivity index (χ0) is 13.1. The van der Waals surface area contributed by atoms with Crippen LogP contribution in [0.1, 0.15) is 26.7 Å². The molecule has 18 heavy (non-hydrogen) atoms. The van der Waals surface area contributed by atoms with Crippen molar-refractivity contribution in [2.24, 2.45) is 0 Å². The molecule has 5 nitrogen and oxygen atoms in total. The SMILES string of the molecule is CCN1CCN(C(=O)CN(C(C)=O)C2CC2)CC1. The quantitative estimate of drug-likeness (QED) is 0.717. The highest BCUT2D eigenvalue weighted by atomic mass is 16.2. The lowest BCUT2D eigenvalue weighted by Gasteiger charge is -2.35. The lowest BCUT2D eigenvalue weighted by Crippen LogP contribution is -2.51. The molecule has 0 aromatic carbocycles. The van der Waals surface area contributed by atoms with E-state index in [0.717, 1.165) is 45.6 Å². The van der Waals surface area contributed by atoms with Crippen molar-refractivity contribution in [2.75, 3.05) is 39.3 Å². The number of nitrogens with zero attached hydrogens (tertiary/aromatic N) is 3. The summed E-state index contributed by atoms with van der Waals surface area (Å²) in [4.78, 5) is 29.6. The molecule has 1 saturated carbocycles. The van der Waals surface area contributed by atoms with E-state index in [-0.39, 0.29) is 18.4 Å². The molecule has 1 aliphatic carbocycles. The van der Waals surface area contributed by atoms with Crippen LogP contribution in [0.2, 0.25) is 0 Å². The third-order valence-electron chi connectivity index (χ3n) is 3.87. The number of carbonyl (C=O) groups is 2. The molecule has 1 saturated heterocycles. The van der Waals surface area contributed by atoms with Crippen LogP contribution in [0.4, 0.5) is 0 Å². The van der Waals surface area contributed by atoms with E-state index in [2.05, 4.69) is 11.8 Å². The van der Waals surface area contributed by atoms with Crippen LogP contribution in [0, 0.1) is 0 Å². The second-order valence-electron chi connectivity index (χ2n) is 5.19. The van der Waals surface area contributed by atoms with Crippen molar-refractivity contribution in [3.8, 4) is 0 Å². The summed E-state index contributed by atoms with van der Waals surface area (Å²) in [6.07, 6.45) is 2.10. The highest BCUT2D eigenvalue weighted by molar-refractivity contribution is 5.84. The second-order valence-corrected chi connectivity index (χ2v) is 5.19. The third kappa shape index (κ3) is 3.22. The maximum atomic E-state index is 12.2. The maximum absolute atomic E-state index is 12.2. The molecule has 1 aliphatic heterocycles. The molecule has 0 unspecified atom stereocenters. The van der Waals surface area contributed by atoms with Crippen LogP contribution in [0.25, 0.3) is 0 Å². The van der Waals surface area contributed by atoms with Gasteiger partial charge in [-0.2, -0.15) is 0 Å². The summed E-state index contributed by atoms with van der Waals surface area (Å²) in [6.45, 7) is 8.50. The summed E-state index contributed by atoms with van der Waals surface area (Å²) in [5.41, 5.74) is 0. The number of likely N-dealkylation sites (N-methyl/N-ethyl adjacent to an activating group) is 1. The molecule has 0 aromatic heterocycles. The Kier molecular flexibility index (Phi) is 4.22. The van der Waals surface area contributed by atoms with Gasteiger partial charge < -0.3 is 14.7 Å². The smallest absolute Gasteiger partial charge is 0.242 e. The van der Waals surface area contributed by atoms with Crippen molar-refractivity contribution in [3.05, 3.63) is 0 Å². The largest absolute Gasteiger partial charge is 0.339 e. The molecule has 0 radical (unpaired) electrons. The van der Waals surface area contributed by atoms with Gasteiger partial charge in [0.25, 0.3) is 0 Å². The van der Waals surface area contributed by atoms with Gasteiger partial charge in [-0.25, -0.2) is 0 Å². The molecule has 2 rings (SSSR count). The van der Waals surface area contributed by atoms with Crippen LogP contribution in [-0.2, 0) is 9.59 Å². The van der Waals surface area contributed by atoms with Crippen LogP contribution >= 0.6 is 0 Å². The van der Waals surface area contributed by atoms with Crippen molar-refractivity contribution in [3.63, 3.8) is 0 Å². The van der Waals surface area contributed by atoms with Gasteiger partial charge in [-0.15, -0.1) is 0 Å². The van der Waals surface area contributed by atoms with Crippen molar-refractivity contribution in [2.45, 2.75) is 32.7 Å². The first kappa shape index (κ1) is 13.3. The molecule has 2 amide bonds. The Morgan fingerprint density at radius 2 is 1.78 bits per heavy atom. The Bertz CT molecular complexity index is 320. The van der Waals surface area contributed by atoms with Crippen molar-refractivity contribution in [1.82, 2.24) is 14.7 Å². The van der Waals surface area contributed by atoms with Crippen LogP contribution < -0.4 is 0 Å². The Labute approximate surface area is 109 Å². The molecule has 0 atom stereocenters. The fourth-order valence-electron chi connectivity index (χ4n) is 2.44. The zero-order valence-electron chi connectivity index (χ0n) is 11.4. The van der Waals surface area contributed by atoms with Crippen LogP contribution in [0.15, 0.2) is 0 Å². The first-order chi connectivity index (χ1) is 8.61. The Hall–Kier alpha value is -1.10. The lowest BCUT2D eigenvalue weighted by molar-refractivity contribution is -0.140. The predicted octanol–water partition coefficient (Wildman–Crippen LogP) is 0.161. The number of hydrogen-bond donors (Lipinski definition) is 0. The molecular formula is C13H23N3O2. The lowest BCUT2D eigenvalue weighted by atomic mass is 10.3. The third-order valence-corrected chi connectivity index (χ3v) is 3.87. The maximum Gasteiger partial charge on any atom is 0.242 e. The number of amides is 2. The summed E-state index contributed by atoms with van der Waals surface area (Å²) in [5.74, 6) is 0.130. The van der Waals surface area contributed by atoms with Gasteiger partial charge in [-0.05, 0) is 19.4 Å². The topological polar surface area (TPSA) is 43.9 Å². The molecule has 0 N–H and O–H groups in total. The average Bonchev–Trinajstić information content (AvgIpc) is 3.19. The van der Waals surface area contributed by atoms with Crippen LogP contribution in [-0.4, -0.2) is 71.8 Å². The fourth-order valence-corrected chi connectivity index (χ4v) is 2.44. The predicted molar refractivity (Wildman–Crippen MR) is 69.1 cm³/mol. The van der Waals surface area contributed by atoms with Gasteiger partial charge in [0, 0.05) is 39.1 Å². The summed E-state index contributed by atoms with van der Waals surface area (Å²) in [5, 5.41) is 0. The Morgan fingerprint density at radius 1 is 1.17 bits per heavy atom. The van der Waals surface area contributed by atoms with E-state index in [1.54, 1.807) is 11.8 Å². The molecule has 1 heterocycles. The Morgan fingerprint density at radius 3 is 2.22 bits per heavy atom. The van der Waals surface area contributed by atoms with E-state index in [1.165, 1.54) is 0 Å². The Balaban J connectivity index is 1.82. The van der Waals surface area contributed by atoms with E-state index >= 15 is 0 Å². The minimum Gasteiger partial charge on any atom is -0.339 e. The van der Waals surface area contributed by atoms with Crippen LogP contribution in [0.3, 0.4) is 0 Å². The van der Waals surface area contributed by atoms with Gasteiger partial charge in [0.2, 0.25) is 11.8 Å². The normalized spacial score (nSPS) is 20.9. The van der Waals surface area contributed by atoms with Gasteiger partial charge in [0.05, 0.1) is 6.54 Å². The van der Waals surface area contributed by atoms with Crippen LogP contribution in [0.5, 0.6) is 0 Å². The highest BCUT2D eigenvalue weighted by Gasteiger charge is 2.33. The highest BCUT2D eigenvalue weighted by Crippen LogP contribution is 2.26. The van der Waals surface area contributed by atoms with Crippen molar-refractivity contribution >= 4 is 11.8 Å². The molecule has 0 aromatic rings. The molecule has 0 bridgehead atoms. The number of rotatable bonds is 4. The monoisotopic (exact) mass is 253 g/mol. The van der Waals surface area contributed by atoms with Crippen molar-refractivity contribution < 1.29 is 9.59 Å². The van der Waals surface area contributed by atoms with E-state index in [0.29, 0.717) is 6.04 Å². The summed E-state index contributed by atoms with van der Waals surface area (Å²) in [6, 6.07) is 0.323. The van der Waals surface area contributed by atoms with E-state index in [1.807, 2.05) is 4.90 Å². The van der Waals surface area contributed by atoms with Gasteiger partial charge in [-0.1, -0.05) is 6.92 Å². The van der Waals surface area contributed by atoms with Gasteiger partial charge in [-0.3, -0.25) is 9.59 Å². The second kappa shape index (κ2) is 5.69. The first-order valence-electron chi connectivity index (χ1n) is 6.89. The molecule has 102 valence electrons. The molecule has 2 fully saturated rings. The zero-order valence-corrected chi connectivity index (χ0v) is 11.4. The average molecular weight is 253 g/mol. The van der Waals surface area contributed by atoms with Crippen molar-refractivity contribution in [1.29, 1.82) is 0 Å². The first-order valence-corrected chi connectivity index (χ1v) is 6.89. The van der Waals surface area contributed by atoms with E-state index < -0.39 is 0 Å². The van der Waals surface area contributed by atoms with E-state index in [4.69, 9.17) is 0 Å². The molecule has 0 spiro atoms. The summed E-state index contributed by atoms with van der Waals surface area (Å²) in [7, 11) is 0. The van der Waals surface area contributed by atoms with Gasteiger partial charge in [0.15, 0.2) is 0 Å². The minimum atomic E-state index is 0.0260. The summed E-state index contributed by atoms with van der Waals surface area (Å²) >= 11 is 0. The number of piperazine rings is 1. The van der Waals surface area contributed by atoms with Gasteiger partial charge >= 0.3 is 0 Å². The molecular weight excluding hydrogens is 230 g/mol. The molecule has 2 aliphatic rings. The number of hydrogen-bond acceptors (Lipinski definition) is 3. The van der Waals surface area contributed by atoms with E-state index in [9.17, 15) is 9.59 Å². The standard InChI is InChI=1S/C13H23N3O2/c1-3-14-6-8-15(9-7-14)13(18)10-16(11(2)17)12-4-5-12/h12H,3-10H2,1-2H3. The fraction of sp³-hybridized carbons (Fsp3) is 0.846. The summed E-state index contributed by atoms with van der Waals surface area (Å²) < 4.78 is 0. The number of carbonyl (C=O) groups excluding carboxylic acids is 2.